The summed E-state index contributed by atoms with van der Waals surface area (Å²) in [5.41, 5.74) is 2.55. The Morgan fingerprint density at radius 2 is 2.00 bits per heavy atom. The number of imidazole rings is 1. The fourth-order valence-corrected chi connectivity index (χ4v) is 3.27. The van der Waals surface area contributed by atoms with Crippen LogP contribution in [0, 0.1) is 5.82 Å². The molecule has 0 bridgehead atoms. The molecule has 4 rings (SSSR count). The molecule has 0 radical (unpaired) electrons. The van der Waals surface area contributed by atoms with Gasteiger partial charge in [-0.05, 0) is 47.5 Å². The maximum Gasteiger partial charge on any atom is 0.231 e. The Labute approximate surface area is 159 Å². The lowest BCUT2D eigenvalue weighted by Gasteiger charge is -2.05. The Morgan fingerprint density at radius 1 is 1.19 bits per heavy atom. The Balaban J connectivity index is 1.27. The van der Waals surface area contributed by atoms with Crippen molar-refractivity contribution in [2.45, 2.75) is 11.7 Å². The fraction of sp³-hybridized carbons (Fsp3) is 0.158. The van der Waals surface area contributed by atoms with E-state index in [1.165, 1.54) is 23.9 Å². The number of fused-ring (bicyclic) bond motifs is 1. The molecule has 0 aliphatic carbocycles. The number of halogens is 1. The molecule has 0 fully saturated rings. The lowest BCUT2D eigenvalue weighted by Crippen LogP contribution is -2.24. The van der Waals surface area contributed by atoms with Gasteiger partial charge in [-0.25, -0.2) is 9.37 Å². The molecule has 2 aromatic carbocycles. The first-order valence-electron chi connectivity index (χ1n) is 8.26. The van der Waals surface area contributed by atoms with Gasteiger partial charge in [0.25, 0.3) is 0 Å². The first-order valence-corrected chi connectivity index (χ1v) is 9.25. The van der Waals surface area contributed by atoms with Gasteiger partial charge in [0, 0.05) is 6.54 Å². The number of aromatic amines is 1. The highest BCUT2D eigenvalue weighted by Gasteiger charge is 2.13. The number of hydrogen-bond donors (Lipinski definition) is 2. The van der Waals surface area contributed by atoms with Crippen LogP contribution in [0.2, 0.25) is 0 Å². The zero-order valence-corrected chi connectivity index (χ0v) is 15.0. The summed E-state index contributed by atoms with van der Waals surface area (Å²) in [4.78, 5) is 19.4. The molecule has 1 amide bonds. The molecule has 138 valence electrons. The van der Waals surface area contributed by atoms with Crippen molar-refractivity contribution in [2.24, 2.45) is 0 Å². The van der Waals surface area contributed by atoms with E-state index in [9.17, 15) is 9.18 Å². The molecule has 0 spiro atoms. The summed E-state index contributed by atoms with van der Waals surface area (Å²) >= 11 is 1.30. The van der Waals surface area contributed by atoms with Gasteiger partial charge in [-0.2, -0.15) is 0 Å². The standard InChI is InChI=1S/C19H16FN3O3S/c20-14-4-2-13(3-5-14)15-9-22-19(23-15)27-10-18(24)21-8-12-1-6-16-17(7-12)26-11-25-16/h1-7,9H,8,10-11H2,(H,21,24)(H,22,23). The minimum atomic E-state index is -0.285. The minimum absolute atomic E-state index is 0.0996. The fourth-order valence-electron chi connectivity index (χ4n) is 2.59. The van der Waals surface area contributed by atoms with Crippen molar-refractivity contribution in [3.05, 3.63) is 60.0 Å². The Hall–Kier alpha value is -3.00. The van der Waals surface area contributed by atoms with Crippen molar-refractivity contribution >= 4 is 17.7 Å². The van der Waals surface area contributed by atoms with Gasteiger partial charge in [-0.15, -0.1) is 0 Å². The van der Waals surface area contributed by atoms with E-state index < -0.39 is 0 Å². The summed E-state index contributed by atoms with van der Waals surface area (Å²) in [6.45, 7) is 0.639. The Kier molecular flexibility index (Phi) is 4.97. The van der Waals surface area contributed by atoms with Crippen LogP contribution in [0.1, 0.15) is 5.56 Å². The van der Waals surface area contributed by atoms with E-state index >= 15 is 0 Å². The second kappa shape index (κ2) is 7.71. The van der Waals surface area contributed by atoms with Crippen LogP contribution >= 0.6 is 11.8 Å². The van der Waals surface area contributed by atoms with Gasteiger partial charge in [0.05, 0.1) is 17.6 Å². The molecule has 1 aliphatic heterocycles. The number of nitrogens with zero attached hydrogens (tertiary/aromatic N) is 1. The highest BCUT2D eigenvalue weighted by Crippen LogP contribution is 2.32. The SMILES string of the molecule is O=C(CSc1ncc(-c2ccc(F)cc2)[nH]1)NCc1ccc2c(c1)OCO2. The number of benzene rings is 2. The quantitative estimate of drug-likeness (QED) is 0.637. The van der Waals surface area contributed by atoms with E-state index in [1.807, 2.05) is 18.2 Å². The molecule has 2 heterocycles. The first-order chi connectivity index (χ1) is 13.2. The van der Waals surface area contributed by atoms with Crippen LogP contribution < -0.4 is 14.8 Å². The zero-order chi connectivity index (χ0) is 18.6. The number of thioether (sulfide) groups is 1. The van der Waals surface area contributed by atoms with E-state index in [0.29, 0.717) is 17.5 Å². The molecular weight excluding hydrogens is 369 g/mol. The largest absolute Gasteiger partial charge is 0.454 e. The molecular formula is C19H16FN3O3S. The van der Waals surface area contributed by atoms with Crippen LogP contribution in [-0.4, -0.2) is 28.4 Å². The van der Waals surface area contributed by atoms with Crippen molar-refractivity contribution < 1.29 is 18.7 Å². The monoisotopic (exact) mass is 385 g/mol. The van der Waals surface area contributed by atoms with Crippen LogP contribution in [0.3, 0.4) is 0 Å². The highest BCUT2D eigenvalue weighted by atomic mass is 32.2. The van der Waals surface area contributed by atoms with Crippen molar-refractivity contribution in [2.75, 3.05) is 12.5 Å². The van der Waals surface area contributed by atoms with Gasteiger partial charge in [0.15, 0.2) is 16.7 Å². The zero-order valence-electron chi connectivity index (χ0n) is 14.2. The smallest absolute Gasteiger partial charge is 0.231 e. The number of carbonyl (C=O) groups excluding carboxylic acids is 1. The number of amides is 1. The van der Waals surface area contributed by atoms with Crippen LogP contribution in [0.4, 0.5) is 4.39 Å². The minimum Gasteiger partial charge on any atom is -0.454 e. The number of ether oxygens (including phenoxy) is 2. The van der Waals surface area contributed by atoms with Gasteiger partial charge >= 0.3 is 0 Å². The lowest BCUT2D eigenvalue weighted by molar-refractivity contribution is -0.118. The average molecular weight is 385 g/mol. The lowest BCUT2D eigenvalue weighted by atomic mass is 10.2. The summed E-state index contributed by atoms with van der Waals surface area (Å²) in [5.74, 6) is 1.26. The van der Waals surface area contributed by atoms with Crippen LogP contribution in [0.5, 0.6) is 11.5 Å². The van der Waals surface area contributed by atoms with Gasteiger partial charge in [-0.1, -0.05) is 17.8 Å². The number of rotatable bonds is 6. The second-order valence-corrected chi connectivity index (χ2v) is 6.83. The molecule has 1 aliphatic rings. The topological polar surface area (TPSA) is 76.2 Å². The molecule has 27 heavy (non-hydrogen) atoms. The van der Waals surface area contributed by atoms with E-state index in [4.69, 9.17) is 9.47 Å². The molecule has 0 saturated heterocycles. The predicted molar refractivity (Wildman–Crippen MR) is 99.1 cm³/mol. The molecule has 0 saturated carbocycles. The van der Waals surface area contributed by atoms with E-state index in [1.54, 1.807) is 18.3 Å². The van der Waals surface area contributed by atoms with Crippen LogP contribution in [-0.2, 0) is 11.3 Å². The summed E-state index contributed by atoms with van der Waals surface area (Å²) < 4.78 is 23.6. The van der Waals surface area contributed by atoms with Gasteiger partial charge < -0.3 is 19.8 Å². The summed E-state index contributed by atoms with van der Waals surface area (Å²) in [6.07, 6.45) is 1.67. The second-order valence-electron chi connectivity index (χ2n) is 5.86. The number of H-pyrrole nitrogens is 1. The number of aromatic nitrogens is 2. The third kappa shape index (κ3) is 4.22. The average Bonchev–Trinajstić information content (AvgIpc) is 3.34. The molecule has 1 aromatic heterocycles. The maximum atomic E-state index is 13.0. The third-order valence-corrected chi connectivity index (χ3v) is 4.86. The van der Waals surface area contributed by atoms with Gasteiger partial charge in [0.1, 0.15) is 5.82 Å². The Bertz CT molecular complexity index is 959. The summed E-state index contributed by atoms with van der Waals surface area (Å²) in [6, 6.07) is 11.7. The summed E-state index contributed by atoms with van der Waals surface area (Å²) in [7, 11) is 0. The van der Waals surface area contributed by atoms with E-state index in [2.05, 4.69) is 15.3 Å². The third-order valence-electron chi connectivity index (χ3n) is 3.97. The Morgan fingerprint density at radius 3 is 2.85 bits per heavy atom. The molecule has 3 aromatic rings. The van der Waals surface area contributed by atoms with E-state index in [0.717, 1.165) is 22.6 Å². The molecule has 8 heteroatoms. The molecule has 0 atom stereocenters. The normalized spacial score (nSPS) is 12.2. The molecule has 2 N–H and O–H groups in total. The number of hydrogen-bond acceptors (Lipinski definition) is 5. The number of nitrogens with one attached hydrogen (secondary N) is 2. The molecule has 0 unspecified atom stereocenters. The van der Waals surface area contributed by atoms with Crippen LogP contribution in [0.15, 0.2) is 53.8 Å². The predicted octanol–water partition coefficient (Wildman–Crippen LogP) is 3.35. The van der Waals surface area contributed by atoms with Crippen molar-refractivity contribution in [1.29, 1.82) is 0 Å². The van der Waals surface area contributed by atoms with Crippen molar-refractivity contribution in [3.8, 4) is 22.8 Å². The van der Waals surface area contributed by atoms with Gasteiger partial charge in [-0.3, -0.25) is 4.79 Å². The van der Waals surface area contributed by atoms with E-state index in [-0.39, 0.29) is 24.3 Å². The van der Waals surface area contributed by atoms with Crippen LogP contribution in [0.25, 0.3) is 11.3 Å². The van der Waals surface area contributed by atoms with Gasteiger partial charge in [0.2, 0.25) is 12.7 Å². The first kappa shape index (κ1) is 17.4. The summed E-state index contributed by atoms with van der Waals surface area (Å²) in [5, 5.41) is 3.50. The highest BCUT2D eigenvalue weighted by molar-refractivity contribution is 7.99. The maximum absolute atomic E-state index is 13.0. The van der Waals surface area contributed by atoms with Crippen molar-refractivity contribution in [3.63, 3.8) is 0 Å². The number of carbonyl (C=O) groups is 1. The molecule has 6 nitrogen and oxygen atoms in total. The van der Waals surface area contributed by atoms with Crippen molar-refractivity contribution in [1.82, 2.24) is 15.3 Å².